The molecule has 3 heteroatoms. The molecule has 102 valence electrons. The molecular formula is C15H29NSi2. The molecular weight excluding hydrogens is 250 g/mol. The second kappa shape index (κ2) is 4.19. The fraction of sp³-hybridized carbons (Fsp3) is 0.733. The van der Waals surface area contributed by atoms with E-state index >= 15 is 0 Å². The Labute approximate surface area is 115 Å². The number of allylic oxidation sites excluding steroid dienone is 4. The molecule has 18 heavy (non-hydrogen) atoms. The van der Waals surface area contributed by atoms with Crippen LogP contribution < -0.4 is 0 Å². The molecule has 1 nitrogen and oxygen atoms in total. The summed E-state index contributed by atoms with van der Waals surface area (Å²) in [6.07, 6.45) is 2.63. The highest BCUT2D eigenvalue weighted by Crippen LogP contribution is 2.57. The molecule has 0 aromatic carbocycles. The Kier molecular flexibility index (Phi) is 3.32. The summed E-state index contributed by atoms with van der Waals surface area (Å²) in [6, 6.07) is 0. The van der Waals surface area contributed by atoms with Gasteiger partial charge in [0.05, 0.1) is 0 Å². The minimum absolute atomic E-state index is 0.688. The Morgan fingerprint density at radius 1 is 1.22 bits per heavy atom. The third kappa shape index (κ3) is 1.67. The van der Waals surface area contributed by atoms with Crippen molar-refractivity contribution in [2.45, 2.75) is 59.4 Å². The molecule has 2 atom stereocenters. The van der Waals surface area contributed by atoms with Crippen molar-refractivity contribution in [3.05, 3.63) is 22.4 Å². The van der Waals surface area contributed by atoms with E-state index in [0.717, 1.165) is 5.54 Å². The second-order valence-corrected chi connectivity index (χ2v) is 16.4. The van der Waals surface area contributed by atoms with Gasteiger partial charge in [0.1, 0.15) is 16.5 Å². The van der Waals surface area contributed by atoms with Crippen LogP contribution >= 0.6 is 0 Å². The fourth-order valence-electron chi connectivity index (χ4n) is 4.78. The largest absolute Gasteiger partial charge is 0.342 e. The maximum atomic E-state index is 2.95. The topological polar surface area (TPSA) is 3.24 Å². The molecule has 1 aliphatic carbocycles. The molecule has 0 aromatic heterocycles. The van der Waals surface area contributed by atoms with Crippen molar-refractivity contribution in [2.24, 2.45) is 5.92 Å². The average Bonchev–Trinajstić information content (AvgIpc) is 2.62. The summed E-state index contributed by atoms with van der Waals surface area (Å²) in [5.41, 5.74) is 4.15. The minimum Gasteiger partial charge on any atom is -0.342 e. The Hall–Kier alpha value is -0.126. The molecule has 1 fully saturated rings. The Morgan fingerprint density at radius 3 is 2.22 bits per heavy atom. The third-order valence-corrected chi connectivity index (χ3v) is 16.2. The number of fused-ring (bicyclic) bond motifs is 1. The van der Waals surface area contributed by atoms with Gasteiger partial charge in [0.15, 0.2) is 0 Å². The normalized spacial score (nSPS) is 33.6. The second-order valence-electron chi connectivity index (χ2n) is 7.26. The molecule has 2 unspecified atom stereocenters. The summed E-state index contributed by atoms with van der Waals surface area (Å²) in [4.78, 5) is 0. The summed E-state index contributed by atoms with van der Waals surface area (Å²) in [5, 5.41) is 1.85. The third-order valence-electron chi connectivity index (χ3n) is 5.22. The maximum absolute atomic E-state index is 2.95. The molecule has 0 radical (unpaired) electrons. The van der Waals surface area contributed by atoms with E-state index in [1.165, 1.54) is 6.54 Å². The van der Waals surface area contributed by atoms with E-state index in [4.69, 9.17) is 0 Å². The SMILES string of the molecule is CCN1[Si](C)(C)C2=CC(C)C(=C(C)C)C2[Si]1(C)C. The first kappa shape index (κ1) is 14.3. The zero-order valence-corrected chi connectivity index (χ0v) is 15.4. The van der Waals surface area contributed by atoms with E-state index < -0.39 is 16.5 Å². The lowest BCUT2D eigenvalue weighted by Gasteiger charge is -2.40. The van der Waals surface area contributed by atoms with Crippen LogP contribution in [-0.4, -0.2) is 27.2 Å². The smallest absolute Gasteiger partial charge is 0.143 e. The summed E-state index contributed by atoms with van der Waals surface area (Å²) in [7, 11) is -2.68. The Morgan fingerprint density at radius 2 is 1.78 bits per heavy atom. The van der Waals surface area contributed by atoms with Crippen molar-refractivity contribution in [1.82, 2.24) is 4.23 Å². The predicted molar refractivity (Wildman–Crippen MR) is 86.7 cm³/mol. The highest BCUT2D eigenvalue weighted by Gasteiger charge is 2.59. The van der Waals surface area contributed by atoms with Gasteiger partial charge in [0.25, 0.3) is 0 Å². The van der Waals surface area contributed by atoms with Gasteiger partial charge < -0.3 is 4.23 Å². The van der Waals surface area contributed by atoms with Crippen LogP contribution in [0, 0.1) is 5.92 Å². The van der Waals surface area contributed by atoms with E-state index in [2.05, 4.69) is 64.2 Å². The van der Waals surface area contributed by atoms with Gasteiger partial charge in [-0.05, 0) is 26.3 Å². The summed E-state index contributed by atoms with van der Waals surface area (Å²) in [5.74, 6) is 0.688. The Balaban J connectivity index is 2.62. The maximum Gasteiger partial charge on any atom is 0.143 e. The lowest BCUT2D eigenvalue weighted by Crippen LogP contribution is -2.56. The summed E-state index contributed by atoms with van der Waals surface area (Å²) < 4.78 is 2.95. The van der Waals surface area contributed by atoms with Crippen LogP contribution in [0.2, 0.25) is 31.7 Å². The molecule has 0 bridgehead atoms. The standard InChI is InChI=1S/C15H29NSi2/c1-9-16-17(5,6)13-10-12(4)14(11(2)3)15(13)18(16,7)8/h10,12,15H,9H2,1-8H3. The van der Waals surface area contributed by atoms with E-state index in [1.54, 1.807) is 11.1 Å². The summed E-state index contributed by atoms with van der Waals surface area (Å²) >= 11 is 0. The van der Waals surface area contributed by atoms with E-state index in [0.29, 0.717) is 5.92 Å². The molecule has 2 aliphatic rings. The van der Waals surface area contributed by atoms with Crippen LogP contribution in [0.25, 0.3) is 0 Å². The van der Waals surface area contributed by atoms with E-state index in [1.807, 2.05) is 5.20 Å². The zero-order chi connectivity index (χ0) is 13.9. The first-order chi connectivity index (χ1) is 8.15. The van der Waals surface area contributed by atoms with Gasteiger partial charge >= 0.3 is 0 Å². The molecule has 1 saturated heterocycles. The lowest BCUT2D eigenvalue weighted by molar-refractivity contribution is 0.656. The van der Waals surface area contributed by atoms with Crippen LogP contribution in [0.4, 0.5) is 0 Å². The molecule has 1 aliphatic heterocycles. The van der Waals surface area contributed by atoms with Gasteiger partial charge in [-0.25, -0.2) is 0 Å². The van der Waals surface area contributed by atoms with E-state index in [9.17, 15) is 0 Å². The van der Waals surface area contributed by atoms with Gasteiger partial charge in [-0.15, -0.1) is 0 Å². The highest BCUT2D eigenvalue weighted by molar-refractivity contribution is 7.01. The van der Waals surface area contributed by atoms with Gasteiger partial charge in [0, 0.05) is 5.54 Å². The first-order valence-corrected chi connectivity index (χ1v) is 13.3. The van der Waals surface area contributed by atoms with Gasteiger partial charge in [0.2, 0.25) is 0 Å². The zero-order valence-electron chi connectivity index (χ0n) is 13.4. The van der Waals surface area contributed by atoms with Crippen molar-refractivity contribution in [1.29, 1.82) is 0 Å². The number of hydrogen-bond acceptors (Lipinski definition) is 1. The van der Waals surface area contributed by atoms with Crippen LogP contribution in [-0.2, 0) is 0 Å². The fourth-order valence-corrected chi connectivity index (χ4v) is 19.4. The van der Waals surface area contributed by atoms with Crippen molar-refractivity contribution < 1.29 is 0 Å². The van der Waals surface area contributed by atoms with Crippen molar-refractivity contribution in [3.8, 4) is 0 Å². The van der Waals surface area contributed by atoms with Crippen molar-refractivity contribution in [2.75, 3.05) is 6.54 Å². The summed E-state index contributed by atoms with van der Waals surface area (Å²) in [6.45, 7) is 21.0. The molecule has 0 saturated carbocycles. The van der Waals surface area contributed by atoms with E-state index in [-0.39, 0.29) is 0 Å². The molecule has 2 rings (SSSR count). The van der Waals surface area contributed by atoms with Crippen molar-refractivity contribution in [3.63, 3.8) is 0 Å². The quantitative estimate of drug-likeness (QED) is 0.502. The van der Waals surface area contributed by atoms with Crippen LogP contribution in [0.15, 0.2) is 22.4 Å². The predicted octanol–water partition coefficient (Wildman–Crippen LogP) is 4.55. The first-order valence-electron chi connectivity index (χ1n) is 7.32. The van der Waals surface area contributed by atoms with Crippen LogP contribution in [0.3, 0.4) is 0 Å². The van der Waals surface area contributed by atoms with Crippen LogP contribution in [0.1, 0.15) is 27.7 Å². The molecule has 0 spiro atoms. The van der Waals surface area contributed by atoms with Gasteiger partial charge in [-0.1, -0.05) is 62.5 Å². The van der Waals surface area contributed by atoms with Crippen molar-refractivity contribution >= 4 is 16.5 Å². The average molecular weight is 280 g/mol. The monoisotopic (exact) mass is 279 g/mol. The van der Waals surface area contributed by atoms with Crippen LogP contribution in [0.5, 0.6) is 0 Å². The molecule has 0 aromatic rings. The number of nitrogens with zero attached hydrogens (tertiary/aromatic N) is 1. The molecule has 0 N–H and O–H groups in total. The lowest BCUT2D eigenvalue weighted by atomic mass is 10.0. The minimum atomic E-state index is -1.34. The molecule has 1 heterocycles. The molecule has 0 amide bonds. The highest BCUT2D eigenvalue weighted by atomic mass is 28.4. The van der Waals surface area contributed by atoms with Gasteiger partial charge in [-0.3, -0.25) is 0 Å². The number of rotatable bonds is 1. The number of hydrogen-bond donors (Lipinski definition) is 0. The van der Waals surface area contributed by atoms with Gasteiger partial charge in [-0.2, -0.15) is 0 Å². The Bertz CT molecular complexity index is 428.